The fraction of sp³-hybridized carbons (Fsp3) is 0.222. The minimum Gasteiger partial charge on any atom is -0.466 e. The number of hydrogen-bond acceptors (Lipinski definition) is 5. The van der Waals surface area contributed by atoms with Crippen LogP contribution in [0.3, 0.4) is 0 Å². The molecule has 1 aromatic carbocycles. The third-order valence-electron chi connectivity index (χ3n) is 3.59. The Morgan fingerprint density at radius 1 is 1.09 bits per heavy atom. The van der Waals surface area contributed by atoms with Crippen LogP contribution in [0.4, 0.5) is 17.3 Å². The number of furan rings is 1. The van der Waals surface area contributed by atoms with Crippen LogP contribution < -0.4 is 10.2 Å². The zero-order chi connectivity index (χ0) is 16.4. The van der Waals surface area contributed by atoms with Gasteiger partial charge in [0.2, 0.25) is 5.95 Å². The molecule has 2 heterocycles. The van der Waals surface area contributed by atoms with Gasteiger partial charge in [-0.3, -0.25) is 0 Å². The number of benzene rings is 1. The van der Waals surface area contributed by atoms with Crippen molar-refractivity contribution in [2.75, 3.05) is 24.3 Å². The fourth-order valence-electron chi connectivity index (χ4n) is 2.44. The number of hydrogen-bond donors (Lipinski definition) is 1. The van der Waals surface area contributed by atoms with Crippen molar-refractivity contribution in [2.24, 2.45) is 0 Å². The summed E-state index contributed by atoms with van der Waals surface area (Å²) in [6.07, 6.45) is 1.75. The molecule has 0 aliphatic heterocycles. The molecule has 0 aliphatic carbocycles. The van der Waals surface area contributed by atoms with E-state index in [2.05, 4.69) is 32.3 Å². The molecule has 5 heteroatoms. The second kappa shape index (κ2) is 6.12. The van der Waals surface area contributed by atoms with Gasteiger partial charge in [0.25, 0.3) is 0 Å². The molecular formula is C18H20N4O. The minimum atomic E-state index is 0.566. The predicted molar refractivity (Wildman–Crippen MR) is 93.3 cm³/mol. The highest BCUT2D eigenvalue weighted by atomic mass is 16.3. The smallest absolute Gasteiger partial charge is 0.227 e. The van der Waals surface area contributed by atoms with Crippen molar-refractivity contribution in [3.05, 3.63) is 54.1 Å². The van der Waals surface area contributed by atoms with Crippen molar-refractivity contribution in [1.82, 2.24) is 9.97 Å². The first-order valence-corrected chi connectivity index (χ1v) is 7.48. The van der Waals surface area contributed by atoms with Crippen molar-refractivity contribution < 1.29 is 4.42 Å². The van der Waals surface area contributed by atoms with E-state index in [4.69, 9.17) is 4.42 Å². The van der Waals surface area contributed by atoms with Crippen LogP contribution in [-0.2, 0) is 0 Å². The maximum atomic E-state index is 5.58. The van der Waals surface area contributed by atoms with Gasteiger partial charge in [-0.1, -0.05) is 6.07 Å². The first kappa shape index (κ1) is 15.1. The highest BCUT2D eigenvalue weighted by Crippen LogP contribution is 2.26. The zero-order valence-corrected chi connectivity index (χ0v) is 13.8. The van der Waals surface area contributed by atoms with E-state index in [0.29, 0.717) is 5.95 Å². The minimum absolute atomic E-state index is 0.566. The fourth-order valence-corrected chi connectivity index (χ4v) is 2.44. The van der Waals surface area contributed by atoms with E-state index in [-0.39, 0.29) is 0 Å². The van der Waals surface area contributed by atoms with Gasteiger partial charge in [0, 0.05) is 37.2 Å². The molecule has 5 nitrogen and oxygen atoms in total. The number of anilines is 3. The van der Waals surface area contributed by atoms with Crippen LogP contribution in [0.1, 0.15) is 11.5 Å². The molecule has 0 atom stereocenters. The molecule has 2 aromatic heterocycles. The van der Waals surface area contributed by atoms with E-state index >= 15 is 0 Å². The topological polar surface area (TPSA) is 54.2 Å². The third-order valence-corrected chi connectivity index (χ3v) is 3.59. The van der Waals surface area contributed by atoms with Crippen molar-refractivity contribution in [3.8, 4) is 11.3 Å². The van der Waals surface area contributed by atoms with Gasteiger partial charge in [0.15, 0.2) is 0 Å². The van der Waals surface area contributed by atoms with Crippen LogP contribution in [0.5, 0.6) is 0 Å². The monoisotopic (exact) mass is 308 g/mol. The molecule has 0 fully saturated rings. The van der Waals surface area contributed by atoms with E-state index in [9.17, 15) is 0 Å². The molecule has 1 N–H and O–H groups in total. The first-order chi connectivity index (χ1) is 11.0. The summed E-state index contributed by atoms with van der Waals surface area (Å²) in [5.74, 6) is 2.31. The van der Waals surface area contributed by atoms with Crippen LogP contribution in [-0.4, -0.2) is 24.1 Å². The van der Waals surface area contributed by atoms with Crippen molar-refractivity contribution in [3.63, 3.8) is 0 Å². The molecule has 0 saturated carbocycles. The van der Waals surface area contributed by atoms with Gasteiger partial charge < -0.3 is 14.6 Å². The van der Waals surface area contributed by atoms with Gasteiger partial charge in [0.05, 0.1) is 5.69 Å². The van der Waals surface area contributed by atoms with Crippen LogP contribution in [0.2, 0.25) is 0 Å². The number of nitrogens with zero attached hydrogens (tertiary/aromatic N) is 3. The predicted octanol–water partition coefficient (Wildman–Crippen LogP) is 4.16. The van der Waals surface area contributed by atoms with Gasteiger partial charge in [0.1, 0.15) is 11.5 Å². The molecule has 0 amide bonds. The second-order valence-electron chi connectivity index (χ2n) is 5.66. The van der Waals surface area contributed by atoms with Crippen LogP contribution in [0.25, 0.3) is 11.3 Å². The van der Waals surface area contributed by atoms with Gasteiger partial charge in [-0.2, -0.15) is 0 Å². The molecule has 0 saturated heterocycles. The summed E-state index contributed by atoms with van der Waals surface area (Å²) in [4.78, 5) is 11.0. The Hall–Kier alpha value is -2.82. The van der Waals surface area contributed by atoms with E-state index in [0.717, 1.165) is 34.2 Å². The maximum absolute atomic E-state index is 5.58. The molecule has 0 aliphatic rings. The summed E-state index contributed by atoms with van der Waals surface area (Å²) in [6, 6.07) is 12.0. The molecule has 0 unspecified atom stereocenters. The number of nitrogens with one attached hydrogen (secondary N) is 1. The maximum Gasteiger partial charge on any atom is 0.227 e. The Balaban J connectivity index is 1.89. The lowest BCUT2D eigenvalue weighted by atomic mass is 10.2. The molecule has 0 spiro atoms. The normalized spacial score (nSPS) is 10.6. The highest BCUT2D eigenvalue weighted by Gasteiger charge is 2.10. The Bertz CT molecular complexity index is 823. The Morgan fingerprint density at radius 2 is 1.91 bits per heavy atom. The van der Waals surface area contributed by atoms with E-state index in [1.807, 2.05) is 52.2 Å². The standard InChI is InChI=1S/C18H20N4O/c1-12-10-16(13(2)23-12)17-8-9-19-18(21-17)20-14-6-5-7-15(11-14)22(3)4/h5-11H,1-4H3,(H,19,20,21). The number of aryl methyl sites for hydroxylation is 2. The van der Waals surface area contributed by atoms with E-state index < -0.39 is 0 Å². The summed E-state index contributed by atoms with van der Waals surface area (Å²) in [7, 11) is 4.03. The molecular weight excluding hydrogens is 288 g/mol. The van der Waals surface area contributed by atoms with Crippen molar-refractivity contribution in [2.45, 2.75) is 13.8 Å². The summed E-state index contributed by atoms with van der Waals surface area (Å²) >= 11 is 0. The lowest BCUT2D eigenvalue weighted by Crippen LogP contribution is -2.08. The number of aromatic nitrogens is 2. The Morgan fingerprint density at radius 3 is 2.61 bits per heavy atom. The van der Waals surface area contributed by atoms with E-state index in [1.165, 1.54) is 0 Å². The SMILES string of the molecule is Cc1cc(-c2ccnc(Nc3cccc(N(C)C)c3)n2)c(C)o1. The third kappa shape index (κ3) is 3.34. The molecule has 3 rings (SSSR count). The summed E-state index contributed by atoms with van der Waals surface area (Å²) in [5.41, 5.74) is 3.91. The van der Waals surface area contributed by atoms with Gasteiger partial charge in [-0.05, 0) is 44.2 Å². The average Bonchev–Trinajstić information content (AvgIpc) is 2.86. The molecule has 118 valence electrons. The van der Waals surface area contributed by atoms with Crippen LogP contribution >= 0.6 is 0 Å². The summed E-state index contributed by atoms with van der Waals surface area (Å²) in [6.45, 7) is 3.88. The lowest BCUT2D eigenvalue weighted by Gasteiger charge is -2.14. The lowest BCUT2D eigenvalue weighted by molar-refractivity contribution is 0.505. The van der Waals surface area contributed by atoms with Crippen LogP contribution in [0, 0.1) is 13.8 Å². The second-order valence-corrected chi connectivity index (χ2v) is 5.66. The largest absolute Gasteiger partial charge is 0.466 e. The van der Waals surface area contributed by atoms with Gasteiger partial charge in [-0.15, -0.1) is 0 Å². The quantitative estimate of drug-likeness (QED) is 0.784. The highest BCUT2D eigenvalue weighted by molar-refractivity contribution is 5.65. The molecule has 0 radical (unpaired) electrons. The zero-order valence-electron chi connectivity index (χ0n) is 13.8. The Kier molecular flexibility index (Phi) is 4.02. The first-order valence-electron chi connectivity index (χ1n) is 7.48. The molecule has 23 heavy (non-hydrogen) atoms. The summed E-state index contributed by atoms with van der Waals surface area (Å²) < 4.78 is 5.58. The van der Waals surface area contributed by atoms with Gasteiger partial charge in [-0.25, -0.2) is 9.97 Å². The molecule has 0 bridgehead atoms. The summed E-state index contributed by atoms with van der Waals surface area (Å²) in [5, 5.41) is 3.26. The van der Waals surface area contributed by atoms with Crippen LogP contribution in [0.15, 0.2) is 47.0 Å². The van der Waals surface area contributed by atoms with E-state index in [1.54, 1.807) is 6.20 Å². The van der Waals surface area contributed by atoms with Crippen molar-refractivity contribution >= 4 is 17.3 Å². The van der Waals surface area contributed by atoms with Gasteiger partial charge >= 0.3 is 0 Å². The average molecular weight is 308 g/mol. The molecule has 3 aromatic rings. The Labute approximate surface area is 136 Å². The number of rotatable bonds is 4. The van der Waals surface area contributed by atoms with Crippen molar-refractivity contribution in [1.29, 1.82) is 0 Å².